The molecular formula is C14H29N3O. The van der Waals surface area contributed by atoms with Crippen molar-refractivity contribution in [2.45, 2.75) is 46.1 Å². The number of rotatable bonds is 8. The molecule has 4 nitrogen and oxygen atoms in total. The third-order valence-electron chi connectivity index (χ3n) is 3.85. The maximum Gasteiger partial charge on any atom is 0.239 e. The lowest BCUT2D eigenvalue weighted by molar-refractivity contribution is -0.133. The molecule has 1 saturated heterocycles. The first kappa shape index (κ1) is 15.4. The van der Waals surface area contributed by atoms with Crippen LogP contribution in [0.3, 0.4) is 0 Å². The van der Waals surface area contributed by atoms with E-state index in [1.54, 1.807) is 0 Å². The molecule has 0 saturated carbocycles. The fourth-order valence-corrected chi connectivity index (χ4v) is 2.56. The molecule has 0 unspecified atom stereocenters. The Morgan fingerprint density at radius 3 is 2.39 bits per heavy atom. The van der Waals surface area contributed by atoms with Gasteiger partial charge in [0.2, 0.25) is 5.91 Å². The van der Waals surface area contributed by atoms with Crippen LogP contribution in [-0.4, -0.2) is 61.0 Å². The number of likely N-dealkylation sites (N-methyl/N-ethyl adjacent to an activating group) is 1. The molecule has 1 atom stereocenters. The molecule has 0 aromatic heterocycles. The SMILES string of the molecule is CCN(CC)CCCN(CC)C(=O)[C@H]1CCCN1. The minimum Gasteiger partial charge on any atom is -0.342 e. The summed E-state index contributed by atoms with van der Waals surface area (Å²) in [6.07, 6.45) is 3.22. The van der Waals surface area contributed by atoms with Gasteiger partial charge < -0.3 is 15.1 Å². The predicted molar refractivity (Wildman–Crippen MR) is 75.7 cm³/mol. The monoisotopic (exact) mass is 255 g/mol. The molecule has 0 aromatic carbocycles. The predicted octanol–water partition coefficient (Wildman–Crippen LogP) is 1.32. The van der Waals surface area contributed by atoms with E-state index in [-0.39, 0.29) is 6.04 Å². The van der Waals surface area contributed by atoms with Crippen molar-refractivity contribution in [3.8, 4) is 0 Å². The Labute approximate surface area is 112 Å². The summed E-state index contributed by atoms with van der Waals surface area (Å²) >= 11 is 0. The van der Waals surface area contributed by atoms with Crippen LogP contribution in [0.4, 0.5) is 0 Å². The molecule has 4 heteroatoms. The summed E-state index contributed by atoms with van der Waals surface area (Å²) in [6, 6.07) is 0.0819. The van der Waals surface area contributed by atoms with Crippen LogP contribution in [0.2, 0.25) is 0 Å². The Balaban J connectivity index is 2.30. The van der Waals surface area contributed by atoms with E-state index in [1.165, 1.54) is 0 Å². The van der Waals surface area contributed by atoms with E-state index in [1.807, 2.05) is 4.90 Å². The van der Waals surface area contributed by atoms with E-state index in [2.05, 4.69) is 31.0 Å². The minimum absolute atomic E-state index is 0.0819. The van der Waals surface area contributed by atoms with Gasteiger partial charge in [0, 0.05) is 13.1 Å². The van der Waals surface area contributed by atoms with E-state index in [0.717, 1.165) is 58.5 Å². The number of carbonyl (C=O) groups is 1. The van der Waals surface area contributed by atoms with Crippen LogP contribution in [0, 0.1) is 0 Å². The number of hydrogen-bond acceptors (Lipinski definition) is 3. The molecule has 1 amide bonds. The average molecular weight is 255 g/mol. The molecule has 1 N–H and O–H groups in total. The van der Waals surface area contributed by atoms with Crippen LogP contribution in [-0.2, 0) is 4.79 Å². The smallest absolute Gasteiger partial charge is 0.239 e. The third kappa shape index (κ3) is 4.58. The van der Waals surface area contributed by atoms with Crippen molar-refractivity contribution in [3.05, 3.63) is 0 Å². The van der Waals surface area contributed by atoms with Crippen molar-refractivity contribution in [3.63, 3.8) is 0 Å². The molecular weight excluding hydrogens is 226 g/mol. The molecule has 0 aromatic rings. The highest BCUT2D eigenvalue weighted by Gasteiger charge is 2.25. The molecule has 18 heavy (non-hydrogen) atoms. The molecule has 106 valence electrons. The van der Waals surface area contributed by atoms with E-state index >= 15 is 0 Å². The number of nitrogens with one attached hydrogen (secondary N) is 1. The van der Waals surface area contributed by atoms with Gasteiger partial charge in [-0.25, -0.2) is 0 Å². The maximum atomic E-state index is 12.2. The summed E-state index contributed by atoms with van der Waals surface area (Å²) in [7, 11) is 0. The first-order valence-electron chi connectivity index (χ1n) is 7.47. The summed E-state index contributed by atoms with van der Waals surface area (Å²) in [5, 5.41) is 3.29. The molecule has 1 fully saturated rings. The number of carbonyl (C=O) groups excluding carboxylic acids is 1. The Hall–Kier alpha value is -0.610. The van der Waals surface area contributed by atoms with Gasteiger partial charge in [0.15, 0.2) is 0 Å². The van der Waals surface area contributed by atoms with Crippen LogP contribution < -0.4 is 5.32 Å². The minimum atomic E-state index is 0.0819. The van der Waals surface area contributed by atoms with Crippen molar-refractivity contribution in [2.24, 2.45) is 0 Å². The second-order valence-corrected chi connectivity index (χ2v) is 4.95. The molecule has 1 aliphatic rings. The zero-order valence-electron chi connectivity index (χ0n) is 12.2. The Kier molecular flexibility index (Phi) is 7.28. The van der Waals surface area contributed by atoms with E-state index in [0.29, 0.717) is 5.91 Å². The molecule has 0 spiro atoms. The van der Waals surface area contributed by atoms with Crippen molar-refractivity contribution in [1.82, 2.24) is 15.1 Å². The second kappa shape index (κ2) is 8.48. The first-order valence-corrected chi connectivity index (χ1v) is 7.47. The standard InChI is InChI=1S/C14H29N3O/c1-4-16(5-2)11-8-12-17(6-3)14(18)13-9-7-10-15-13/h13,15H,4-12H2,1-3H3/t13-/m1/s1. The van der Waals surface area contributed by atoms with Crippen LogP contribution in [0.25, 0.3) is 0 Å². The lowest BCUT2D eigenvalue weighted by Gasteiger charge is -2.26. The number of amides is 1. The Morgan fingerprint density at radius 2 is 1.89 bits per heavy atom. The van der Waals surface area contributed by atoms with Gasteiger partial charge in [-0.05, 0) is 52.4 Å². The van der Waals surface area contributed by atoms with Crippen LogP contribution in [0.15, 0.2) is 0 Å². The molecule has 0 radical (unpaired) electrons. The topological polar surface area (TPSA) is 35.6 Å². The molecule has 0 aliphatic carbocycles. The third-order valence-corrected chi connectivity index (χ3v) is 3.85. The van der Waals surface area contributed by atoms with Gasteiger partial charge in [0.05, 0.1) is 6.04 Å². The number of hydrogen-bond donors (Lipinski definition) is 1. The van der Waals surface area contributed by atoms with Gasteiger partial charge in [-0.1, -0.05) is 13.8 Å². The van der Waals surface area contributed by atoms with Gasteiger partial charge in [0.1, 0.15) is 0 Å². The summed E-state index contributed by atoms with van der Waals surface area (Å²) in [5.74, 6) is 0.301. The quantitative estimate of drug-likeness (QED) is 0.710. The highest BCUT2D eigenvalue weighted by molar-refractivity contribution is 5.82. The lowest BCUT2D eigenvalue weighted by atomic mass is 10.2. The first-order chi connectivity index (χ1) is 8.72. The lowest BCUT2D eigenvalue weighted by Crippen LogP contribution is -2.44. The van der Waals surface area contributed by atoms with Crippen molar-refractivity contribution >= 4 is 5.91 Å². The van der Waals surface area contributed by atoms with E-state index in [9.17, 15) is 4.79 Å². The van der Waals surface area contributed by atoms with Crippen molar-refractivity contribution in [2.75, 3.05) is 39.3 Å². The summed E-state index contributed by atoms with van der Waals surface area (Å²) in [5.41, 5.74) is 0. The largest absolute Gasteiger partial charge is 0.342 e. The normalized spacial score (nSPS) is 19.4. The highest BCUT2D eigenvalue weighted by Crippen LogP contribution is 2.09. The van der Waals surface area contributed by atoms with Gasteiger partial charge in [0.25, 0.3) is 0 Å². The average Bonchev–Trinajstić information content (AvgIpc) is 2.92. The zero-order valence-corrected chi connectivity index (χ0v) is 12.2. The fourth-order valence-electron chi connectivity index (χ4n) is 2.56. The Bertz CT molecular complexity index is 235. The molecule has 0 bridgehead atoms. The second-order valence-electron chi connectivity index (χ2n) is 4.95. The van der Waals surface area contributed by atoms with Crippen LogP contribution in [0.1, 0.15) is 40.0 Å². The summed E-state index contributed by atoms with van der Waals surface area (Å²) in [4.78, 5) is 16.7. The van der Waals surface area contributed by atoms with Crippen LogP contribution in [0.5, 0.6) is 0 Å². The van der Waals surface area contributed by atoms with Crippen molar-refractivity contribution < 1.29 is 4.79 Å². The molecule has 1 rings (SSSR count). The van der Waals surface area contributed by atoms with Crippen molar-refractivity contribution in [1.29, 1.82) is 0 Å². The van der Waals surface area contributed by atoms with Crippen LogP contribution >= 0.6 is 0 Å². The fraction of sp³-hybridized carbons (Fsp3) is 0.929. The highest BCUT2D eigenvalue weighted by atomic mass is 16.2. The zero-order chi connectivity index (χ0) is 13.4. The Morgan fingerprint density at radius 1 is 1.17 bits per heavy atom. The van der Waals surface area contributed by atoms with Gasteiger partial charge in [-0.2, -0.15) is 0 Å². The van der Waals surface area contributed by atoms with Gasteiger partial charge in [-0.15, -0.1) is 0 Å². The van der Waals surface area contributed by atoms with E-state index < -0.39 is 0 Å². The summed E-state index contributed by atoms with van der Waals surface area (Å²) < 4.78 is 0. The molecule has 1 aliphatic heterocycles. The summed E-state index contributed by atoms with van der Waals surface area (Å²) in [6.45, 7) is 12.5. The number of nitrogens with zero attached hydrogens (tertiary/aromatic N) is 2. The van der Waals surface area contributed by atoms with E-state index in [4.69, 9.17) is 0 Å². The molecule has 1 heterocycles. The maximum absolute atomic E-state index is 12.2. The van der Waals surface area contributed by atoms with Gasteiger partial charge in [-0.3, -0.25) is 4.79 Å². The van der Waals surface area contributed by atoms with Gasteiger partial charge >= 0.3 is 0 Å².